The van der Waals surface area contributed by atoms with Gasteiger partial charge in [0.05, 0.1) is 0 Å². The normalized spacial score (nSPS) is 10.1. The van der Waals surface area contributed by atoms with Crippen LogP contribution in [0.5, 0.6) is 0 Å². The zero-order valence-corrected chi connectivity index (χ0v) is 11.5. The summed E-state index contributed by atoms with van der Waals surface area (Å²) in [7, 11) is 0. The third kappa shape index (κ3) is 2.81. The molecule has 0 atom stereocenters. The van der Waals surface area contributed by atoms with Gasteiger partial charge in [0, 0.05) is 22.0 Å². The highest BCUT2D eigenvalue weighted by molar-refractivity contribution is 7.80. The molecule has 4 heteroatoms. The summed E-state index contributed by atoms with van der Waals surface area (Å²) in [4.78, 5) is 0.372. The Bertz CT molecular complexity index is 596. The lowest BCUT2D eigenvalue weighted by Crippen LogP contribution is -2.11. The lowest BCUT2D eigenvalue weighted by Gasteiger charge is -2.11. The molecule has 2 aromatic rings. The molecule has 2 nitrogen and oxygen atoms in total. The van der Waals surface area contributed by atoms with E-state index in [2.05, 4.69) is 5.32 Å². The van der Waals surface area contributed by atoms with Gasteiger partial charge in [-0.25, -0.2) is 0 Å². The lowest BCUT2D eigenvalue weighted by molar-refractivity contribution is 1.45. The third-order valence-electron chi connectivity index (χ3n) is 2.64. The summed E-state index contributed by atoms with van der Waals surface area (Å²) in [5.41, 5.74) is 9.35. The molecule has 0 radical (unpaired) electrons. The summed E-state index contributed by atoms with van der Waals surface area (Å²) in [6.45, 7) is 1.97. The Morgan fingerprint density at radius 2 is 1.94 bits per heavy atom. The van der Waals surface area contributed by atoms with Gasteiger partial charge < -0.3 is 11.1 Å². The quantitative estimate of drug-likeness (QED) is 0.832. The number of para-hydroxylation sites is 1. The van der Waals surface area contributed by atoms with Crippen molar-refractivity contribution in [3.8, 4) is 0 Å². The molecule has 0 fully saturated rings. The van der Waals surface area contributed by atoms with Gasteiger partial charge in [-0.1, -0.05) is 42.0 Å². The van der Waals surface area contributed by atoms with Crippen LogP contribution in [-0.2, 0) is 0 Å². The molecular weight excluding hydrogens is 264 g/mol. The van der Waals surface area contributed by atoms with Crippen molar-refractivity contribution >= 4 is 40.2 Å². The van der Waals surface area contributed by atoms with Crippen molar-refractivity contribution in [1.82, 2.24) is 0 Å². The van der Waals surface area contributed by atoms with Crippen LogP contribution in [0.25, 0.3) is 0 Å². The Labute approximate surface area is 117 Å². The molecule has 2 aromatic carbocycles. The minimum absolute atomic E-state index is 0.372. The van der Waals surface area contributed by atoms with E-state index in [1.807, 2.05) is 49.4 Å². The zero-order chi connectivity index (χ0) is 13.1. The monoisotopic (exact) mass is 276 g/mol. The fourth-order valence-electron chi connectivity index (χ4n) is 1.63. The Morgan fingerprint density at radius 1 is 1.22 bits per heavy atom. The molecule has 2 rings (SSSR count). The third-order valence-corrected chi connectivity index (χ3v) is 3.27. The number of rotatable bonds is 3. The van der Waals surface area contributed by atoms with Crippen molar-refractivity contribution in [2.45, 2.75) is 6.92 Å². The van der Waals surface area contributed by atoms with Gasteiger partial charge in [0.15, 0.2) is 0 Å². The minimum atomic E-state index is 0.372. The van der Waals surface area contributed by atoms with Crippen molar-refractivity contribution in [3.05, 3.63) is 58.6 Å². The van der Waals surface area contributed by atoms with Crippen LogP contribution in [0.1, 0.15) is 11.1 Å². The smallest absolute Gasteiger partial charge is 0.106 e. The van der Waals surface area contributed by atoms with E-state index >= 15 is 0 Å². The largest absolute Gasteiger partial charge is 0.389 e. The van der Waals surface area contributed by atoms with E-state index < -0.39 is 0 Å². The number of nitrogens with one attached hydrogen (secondary N) is 1. The fourth-order valence-corrected chi connectivity index (χ4v) is 1.99. The van der Waals surface area contributed by atoms with Gasteiger partial charge in [0.25, 0.3) is 0 Å². The maximum absolute atomic E-state index is 6.09. The lowest BCUT2D eigenvalue weighted by atomic mass is 10.1. The Balaban J connectivity index is 2.34. The van der Waals surface area contributed by atoms with Crippen LogP contribution in [0.15, 0.2) is 42.5 Å². The first kappa shape index (κ1) is 12.9. The number of halogens is 1. The molecule has 0 aromatic heterocycles. The molecule has 92 valence electrons. The van der Waals surface area contributed by atoms with E-state index in [0.29, 0.717) is 4.99 Å². The first-order chi connectivity index (χ1) is 8.58. The Hall–Kier alpha value is -1.58. The van der Waals surface area contributed by atoms with Gasteiger partial charge in [-0.2, -0.15) is 0 Å². The first-order valence-electron chi connectivity index (χ1n) is 5.50. The van der Waals surface area contributed by atoms with E-state index in [0.717, 1.165) is 27.5 Å². The summed E-state index contributed by atoms with van der Waals surface area (Å²) < 4.78 is 0. The number of anilines is 2. The molecule has 0 saturated heterocycles. The molecule has 0 bridgehead atoms. The highest BCUT2D eigenvalue weighted by Crippen LogP contribution is 2.25. The molecule has 0 unspecified atom stereocenters. The van der Waals surface area contributed by atoms with Gasteiger partial charge in [-0.3, -0.25) is 0 Å². The number of thiocarbonyl (C=S) groups is 1. The topological polar surface area (TPSA) is 38.0 Å². The number of hydrogen-bond donors (Lipinski definition) is 2. The average Bonchev–Trinajstić information content (AvgIpc) is 2.34. The van der Waals surface area contributed by atoms with Crippen LogP contribution >= 0.6 is 23.8 Å². The first-order valence-corrected chi connectivity index (χ1v) is 6.28. The van der Waals surface area contributed by atoms with Crippen molar-refractivity contribution < 1.29 is 0 Å². The van der Waals surface area contributed by atoms with E-state index in [9.17, 15) is 0 Å². The summed E-state index contributed by atoms with van der Waals surface area (Å²) >= 11 is 11.1. The maximum Gasteiger partial charge on any atom is 0.106 e. The van der Waals surface area contributed by atoms with E-state index in [4.69, 9.17) is 29.6 Å². The molecule has 0 aliphatic carbocycles. The van der Waals surface area contributed by atoms with Crippen molar-refractivity contribution in [2.24, 2.45) is 5.73 Å². The second kappa shape index (κ2) is 5.38. The predicted molar refractivity (Wildman–Crippen MR) is 81.8 cm³/mol. The summed E-state index contributed by atoms with van der Waals surface area (Å²) in [5, 5.41) is 4.00. The highest BCUT2D eigenvalue weighted by atomic mass is 35.5. The van der Waals surface area contributed by atoms with Crippen molar-refractivity contribution in [2.75, 3.05) is 5.32 Å². The van der Waals surface area contributed by atoms with E-state index in [-0.39, 0.29) is 0 Å². The zero-order valence-electron chi connectivity index (χ0n) is 9.91. The molecule has 0 spiro atoms. The molecule has 18 heavy (non-hydrogen) atoms. The molecule has 0 saturated carbocycles. The Kier molecular flexibility index (Phi) is 3.84. The maximum atomic E-state index is 6.09. The van der Waals surface area contributed by atoms with Crippen molar-refractivity contribution in [1.29, 1.82) is 0 Å². The van der Waals surface area contributed by atoms with Gasteiger partial charge in [0.2, 0.25) is 0 Å². The fraction of sp³-hybridized carbons (Fsp3) is 0.0714. The van der Waals surface area contributed by atoms with Crippen molar-refractivity contribution in [3.63, 3.8) is 0 Å². The van der Waals surface area contributed by atoms with E-state index in [1.54, 1.807) is 0 Å². The molecule has 3 N–H and O–H groups in total. The van der Waals surface area contributed by atoms with Gasteiger partial charge in [0.1, 0.15) is 4.99 Å². The molecule has 0 amide bonds. The second-order valence-corrected chi connectivity index (χ2v) is 4.85. The van der Waals surface area contributed by atoms with Gasteiger partial charge in [-0.05, 0) is 36.8 Å². The number of hydrogen-bond acceptors (Lipinski definition) is 2. The SMILES string of the molecule is Cc1ccc(Nc2ccccc2C(N)=S)cc1Cl. The number of benzene rings is 2. The van der Waals surface area contributed by atoms with Crippen LogP contribution < -0.4 is 11.1 Å². The summed E-state index contributed by atoms with van der Waals surface area (Å²) in [6, 6.07) is 13.5. The minimum Gasteiger partial charge on any atom is -0.389 e. The second-order valence-electron chi connectivity index (χ2n) is 4.00. The highest BCUT2D eigenvalue weighted by Gasteiger charge is 2.05. The van der Waals surface area contributed by atoms with Crippen LogP contribution in [0.2, 0.25) is 5.02 Å². The molecule has 0 aliphatic rings. The van der Waals surface area contributed by atoms with E-state index in [1.165, 1.54) is 0 Å². The molecule has 0 aliphatic heterocycles. The van der Waals surface area contributed by atoms with Crippen LogP contribution in [0, 0.1) is 6.92 Å². The number of aryl methyl sites for hydroxylation is 1. The number of nitrogens with two attached hydrogens (primary N) is 1. The average molecular weight is 277 g/mol. The van der Waals surface area contributed by atoms with Gasteiger partial charge >= 0.3 is 0 Å². The van der Waals surface area contributed by atoms with Crippen LogP contribution in [-0.4, -0.2) is 4.99 Å². The van der Waals surface area contributed by atoms with Crippen LogP contribution in [0.3, 0.4) is 0 Å². The Morgan fingerprint density at radius 3 is 2.61 bits per heavy atom. The summed E-state index contributed by atoms with van der Waals surface area (Å²) in [6.07, 6.45) is 0. The summed E-state index contributed by atoms with van der Waals surface area (Å²) in [5.74, 6) is 0. The molecular formula is C14H13ClN2S. The van der Waals surface area contributed by atoms with Crippen LogP contribution in [0.4, 0.5) is 11.4 Å². The standard InChI is InChI=1S/C14H13ClN2S/c1-9-6-7-10(8-12(9)15)17-13-5-3-2-4-11(13)14(16)18/h2-8,17H,1H3,(H2,16,18). The molecule has 0 heterocycles. The van der Waals surface area contributed by atoms with Gasteiger partial charge in [-0.15, -0.1) is 0 Å². The predicted octanol–water partition coefficient (Wildman–Crippen LogP) is 4.03.